The van der Waals surface area contributed by atoms with E-state index in [1.54, 1.807) is 6.07 Å². The van der Waals surface area contributed by atoms with E-state index in [1.165, 1.54) is 0 Å². The third kappa shape index (κ3) is 2.82. The summed E-state index contributed by atoms with van der Waals surface area (Å²) < 4.78 is 5.83. The van der Waals surface area contributed by atoms with Gasteiger partial charge in [-0.3, -0.25) is 4.79 Å². The normalized spacial score (nSPS) is 10.4. The average Bonchev–Trinajstić information content (AvgIpc) is 2.27. The van der Waals surface area contributed by atoms with Gasteiger partial charge in [-0.15, -0.1) is 0 Å². The summed E-state index contributed by atoms with van der Waals surface area (Å²) in [4.78, 5) is 10.9. The van der Waals surface area contributed by atoms with Crippen molar-refractivity contribution in [1.29, 1.82) is 0 Å². The Morgan fingerprint density at radius 2 is 2.00 bits per heavy atom. The number of rotatable bonds is 5. The van der Waals surface area contributed by atoms with Crippen molar-refractivity contribution >= 4 is 6.29 Å². The molecule has 0 unspecified atom stereocenters. The maximum Gasteiger partial charge on any atom is 0.153 e. The van der Waals surface area contributed by atoms with E-state index >= 15 is 0 Å². The zero-order chi connectivity index (χ0) is 11.3. The fourth-order valence-electron chi connectivity index (χ4n) is 1.55. The van der Waals surface area contributed by atoms with Gasteiger partial charge in [0.15, 0.2) is 6.29 Å². The second-order valence-electron chi connectivity index (χ2n) is 3.67. The van der Waals surface area contributed by atoms with Crippen LogP contribution in [-0.4, -0.2) is 12.4 Å². The largest absolute Gasteiger partial charge is 0.489 e. The van der Waals surface area contributed by atoms with Crippen LogP contribution in [0.4, 0.5) is 0 Å². The van der Waals surface area contributed by atoms with Crippen molar-refractivity contribution in [3.05, 3.63) is 29.3 Å². The Bertz CT molecular complexity index is 327. The van der Waals surface area contributed by atoms with Crippen LogP contribution in [0.25, 0.3) is 0 Å². The van der Waals surface area contributed by atoms with Crippen LogP contribution in [0.5, 0.6) is 5.75 Å². The smallest absolute Gasteiger partial charge is 0.153 e. The molecule has 0 bridgehead atoms. The number of aldehydes is 1. The van der Waals surface area contributed by atoms with Crippen molar-refractivity contribution in [3.63, 3.8) is 0 Å². The van der Waals surface area contributed by atoms with E-state index in [2.05, 4.69) is 13.8 Å². The Morgan fingerprint density at radius 1 is 1.33 bits per heavy atom. The first-order chi connectivity index (χ1) is 7.22. The first kappa shape index (κ1) is 11.8. The standard InChI is InChI=1S/C13H18O2/c1-4-12(5-2)15-13-10(3)7-6-8-11(13)9-14/h6-9,12H,4-5H2,1-3H3. The second-order valence-corrected chi connectivity index (χ2v) is 3.67. The van der Waals surface area contributed by atoms with E-state index in [4.69, 9.17) is 4.74 Å². The van der Waals surface area contributed by atoms with Gasteiger partial charge in [0.25, 0.3) is 0 Å². The van der Waals surface area contributed by atoms with Gasteiger partial charge in [-0.2, -0.15) is 0 Å². The third-order valence-corrected chi connectivity index (χ3v) is 2.56. The maximum absolute atomic E-state index is 10.9. The van der Waals surface area contributed by atoms with Gasteiger partial charge in [0.1, 0.15) is 5.75 Å². The molecule has 0 aliphatic carbocycles. The molecule has 82 valence electrons. The van der Waals surface area contributed by atoms with Gasteiger partial charge < -0.3 is 4.74 Å². The molecule has 15 heavy (non-hydrogen) atoms. The highest BCUT2D eigenvalue weighted by Gasteiger charge is 2.11. The fourth-order valence-corrected chi connectivity index (χ4v) is 1.55. The molecule has 0 atom stereocenters. The molecule has 0 saturated carbocycles. The lowest BCUT2D eigenvalue weighted by molar-refractivity contribution is 0.111. The molecular formula is C13H18O2. The first-order valence-corrected chi connectivity index (χ1v) is 5.44. The third-order valence-electron chi connectivity index (χ3n) is 2.56. The van der Waals surface area contributed by atoms with E-state index < -0.39 is 0 Å². The number of hydrogen-bond donors (Lipinski definition) is 0. The zero-order valence-electron chi connectivity index (χ0n) is 9.62. The van der Waals surface area contributed by atoms with Crippen LogP contribution >= 0.6 is 0 Å². The molecule has 0 amide bonds. The summed E-state index contributed by atoms with van der Waals surface area (Å²) in [6, 6.07) is 5.63. The van der Waals surface area contributed by atoms with Gasteiger partial charge in [0, 0.05) is 0 Å². The summed E-state index contributed by atoms with van der Waals surface area (Å²) in [6.45, 7) is 6.14. The first-order valence-electron chi connectivity index (χ1n) is 5.44. The van der Waals surface area contributed by atoms with E-state index in [9.17, 15) is 4.79 Å². The Labute approximate surface area is 91.3 Å². The van der Waals surface area contributed by atoms with E-state index in [-0.39, 0.29) is 6.10 Å². The van der Waals surface area contributed by atoms with Crippen molar-refractivity contribution in [2.45, 2.75) is 39.7 Å². The molecule has 1 aromatic rings. The SMILES string of the molecule is CCC(CC)Oc1c(C)cccc1C=O. The van der Waals surface area contributed by atoms with E-state index in [0.29, 0.717) is 5.56 Å². The number of benzene rings is 1. The van der Waals surface area contributed by atoms with Crippen LogP contribution in [0.15, 0.2) is 18.2 Å². The summed E-state index contributed by atoms with van der Waals surface area (Å²) in [5.74, 6) is 0.737. The lowest BCUT2D eigenvalue weighted by Gasteiger charge is -2.18. The maximum atomic E-state index is 10.9. The molecule has 0 aliphatic rings. The van der Waals surface area contributed by atoms with Crippen LogP contribution in [0, 0.1) is 6.92 Å². The van der Waals surface area contributed by atoms with Crippen LogP contribution < -0.4 is 4.74 Å². The monoisotopic (exact) mass is 206 g/mol. The summed E-state index contributed by atoms with van der Waals surface area (Å²) in [7, 11) is 0. The lowest BCUT2D eigenvalue weighted by atomic mass is 10.1. The van der Waals surface area contributed by atoms with Crippen LogP contribution in [0.2, 0.25) is 0 Å². The molecule has 2 nitrogen and oxygen atoms in total. The molecule has 0 N–H and O–H groups in total. The van der Waals surface area contributed by atoms with Gasteiger partial charge in [-0.05, 0) is 31.4 Å². The summed E-state index contributed by atoms with van der Waals surface area (Å²) in [6.07, 6.45) is 2.97. The number of aryl methyl sites for hydroxylation is 1. The molecule has 1 aromatic carbocycles. The minimum absolute atomic E-state index is 0.199. The van der Waals surface area contributed by atoms with Gasteiger partial charge >= 0.3 is 0 Å². The van der Waals surface area contributed by atoms with E-state index in [1.807, 2.05) is 19.1 Å². The number of carbonyl (C=O) groups excluding carboxylic acids is 1. The molecule has 0 heterocycles. The van der Waals surface area contributed by atoms with Gasteiger partial charge in [-0.1, -0.05) is 26.0 Å². The zero-order valence-corrected chi connectivity index (χ0v) is 9.62. The Morgan fingerprint density at radius 3 is 2.53 bits per heavy atom. The summed E-state index contributed by atoms with van der Waals surface area (Å²) in [5, 5.41) is 0. The molecule has 0 spiro atoms. The van der Waals surface area contributed by atoms with Crippen molar-refractivity contribution in [1.82, 2.24) is 0 Å². The second kappa shape index (κ2) is 5.54. The molecule has 0 aromatic heterocycles. The Balaban J connectivity index is 2.96. The number of carbonyl (C=O) groups is 1. The highest BCUT2D eigenvalue weighted by molar-refractivity contribution is 5.80. The Kier molecular flexibility index (Phi) is 4.35. The summed E-state index contributed by atoms with van der Waals surface area (Å²) >= 11 is 0. The molecular weight excluding hydrogens is 188 g/mol. The number of ether oxygens (including phenoxy) is 1. The number of para-hydroxylation sites is 1. The van der Waals surface area contributed by atoms with Crippen LogP contribution in [-0.2, 0) is 0 Å². The van der Waals surface area contributed by atoms with Crippen molar-refractivity contribution in [2.24, 2.45) is 0 Å². The number of hydrogen-bond acceptors (Lipinski definition) is 2. The molecule has 2 heteroatoms. The summed E-state index contributed by atoms with van der Waals surface area (Å²) in [5.41, 5.74) is 1.66. The highest BCUT2D eigenvalue weighted by Crippen LogP contribution is 2.24. The molecule has 0 aliphatic heterocycles. The minimum Gasteiger partial charge on any atom is -0.489 e. The average molecular weight is 206 g/mol. The highest BCUT2D eigenvalue weighted by atomic mass is 16.5. The van der Waals surface area contributed by atoms with Gasteiger partial charge in [0.2, 0.25) is 0 Å². The molecule has 0 saturated heterocycles. The molecule has 1 rings (SSSR count). The van der Waals surface area contributed by atoms with Crippen molar-refractivity contribution in [3.8, 4) is 5.75 Å². The quantitative estimate of drug-likeness (QED) is 0.690. The van der Waals surface area contributed by atoms with Crippen molar-refractivity contribution in [2.75, 3.05) is 0 Å². The van der Waals surface area contributed by atoms with Crippen LogP contribution in [0.3, 0.4) is 0 Å². The fraction of sp³-hybridized carbons (Fsp3) is 0.462. The molecule has 0 fully saturated rings. The Hall–Kier alpha value is -1.31. The van der Waals surface area contributed by atoms with E-state index in [0.717, 1.165) is 30.4 Å². The topological polar surface area (TPSA) is 26.3 Å². The van der Waals surface area contributed by atoms with Gasteiger partial charge in [0.05, 0.1) is 11.7 Å². The predicted molar refractivity (Wildman–Crippen MR) is 61.6 cm³/mol. The molecule has 0 radical (unpaired) electrons. The predicted octanol–water partition coefficient (Wildman–Crippen LogP) is 3.37. The van der Waals surface area contributed by atoms with Crippen LogP contribution in [0.1, 0.15) is 42.6 Å². The lowest BCUT2D eigenvalue weighted by Crippen LogP contribution is -2.15. The minimum atomic E-state index is 0.199. The van der Waals surface area contributed by atoms with Gasteiger partial charge in [-0.25, -0.2) is 0 Å². The van der Waals surface area contributed by atoms with Crippen molar-refractivity contribution < 1.29 is 9.53 Å².